The molecule has 0 radical (unpaired) electrons. The van der Waals surface area contributed by atoms with E-state index in [1.165, 1.54) is 4.90 Å². The molecule has 1 N–H and O–H groups in total. The number of carboxylic acids is 1. The molecule has 0 heterocycles. The third-order valence-electron chi connectivity index (χ3n) is 3.05. The van der Waals surface area contributed by atoms with Crippen LogP contribution in [0.1, 0.15) is 19.4 Å². The van der Waals surface area contributed by atoms with Crippen molar-refractivity contribution in [3.63, 3.8) is 0 Å². The van der Waals surface area contributed by atoms with Gasteiger partial charge in [-0.05, 0) is 31.5 Å². The molecule has 1 amide bonds. The number of halogens is 1. The molecule has 0 aliphatic rings. The molecule has 128 valence electrons. The van der Waals surface area contributed by atoms with E-state index in [-0.39, 0.29) is 19.0 Å². The van der Waals surface area contributed by atoms with Crippen molar-refractivity contribution in [3.8, 4) is 0 Å². The molecule has 0 spiro atoms. The highest BCUT2D eigenvalue weighted by Crippen LogP contribution is 2.14. The standard InChI is InChI=1S/C16H22BrNO5/c1-3-22-7-8-23-12(2)16(21)18(11-15(19)20)10-13-5-4-6-14(17)9-13/h4-6,9,12H,3,7-8,10-11H2,1-2H3,(H,19,20). The van der Waals surface area contributed by atoms with Crippen LogP contribution in [-0.4, -0.2) is 54.4 Å². The Labute approximate surface area is 144 Å². The Morgan fingerprint density at radius 2 is 2.09 bits per heavy atom. The number of ether oxygens (including phenoxy) is 2. The van der Waals surface area contributed by atoms with Gasteiger partial charge in [0.15, 0.2) is 0 Å². The molecule has 1 aromatic carbocycles. The van der Waals surface area contributed by atoms with Gasteiger partial charge in [0.05, 0.1) is 13.2 Å². The van der Waals surface area contributed by atoms with Crippen LogP contribution in [0.3, 0.4) is 0 Å². The van der Waals surface area contributed by atoms with Gasteiger partial charge in [-0.25, -0.2) is 0 Å². The number of aliphatic carboxylic acids is 1. The summed E-state index contributed by atoms with van der Waals surface area (Å²) < 4.78 is 11.4. The highest BCUT2D eigenvalue weighted by molar-refractivity contribution is 9.10. The van der Waals surface area contributed by atoms with E-state index < -0.39 is 12.1 Å². The molecular formula is C16H22BrNO5. The van der Waals surface area contributed by atoms with Crippen LogP contribution in [0.15, 0.2) is 28.7 Å². The quantitative estimate of drug-likeness (QED) is 0.623. The molecule has 6 nitrogen and oxygen atoms in total. The largest absolute Gasteiger partial charge is 0.480 e. The molecule has 0 saturated carbocycles. The van der Waals surface area contributed by atoms with Crippen LogP contribution in [-0.2, 0) is 25.6 Å². The van der Waals surface area contributed by atoms with Gasteiger partial charge in [0.2, 0.25) is 0 Å². The Hall–Kier alpha value is -1.44. The second kappa shape index (κ2) is 10.4. The van der Waals surface area contributed by atoms with E-state index in [2.05, 4.69) is 15.9 Å². The summed E-state index contributed by atoms with van der Waals surface area (Å²) in [5.41, 5.74) is 0.843. The highest BCUT2D eigenvalue weighted by atomic mass is 79.9. The lowest BCUT2D eigenvalue weighted by molar-refractivity contribution is -0.151. The van der Waals surface area contributed by atoms with Gasteiger partial charge in [0.1, 0.15) is 12.6 Å². The average Bonchev–Trinajstić information content (AvgIpc) is 2.49. The minimum absolute atomic E-state index is 0.212. The normalized spacial score (nSPS) is 12.0. The van der Waals surface area contributed by atoms with E-state index >= 15 is 0 Å². The topological polar surface area (TPSA) is 76.1 Å². The Kier molecular flexibility index (Phi) is 8.83. The zero-order chi connectivity index (χ0) is 17.2. The van der Waals surface area contributed by atoms with Crippen LogP contribution >= 0.6 is 15.9 Å². The van der Waals surface area contributed by atoms with Crippen molar-refractivity contribution in [2.45, 2.75) is 26.5 Å². The van der Waals surface area contributed by atoms with E-state index in [0.29, 0.717) is 19.8 Å². The average molecular weight is 388 g/mol. The van der Waals surface area contributed by atoms with Gasteiger partial charge in [-0.1, -0.05) is 28.1 Å². The van der Waals surface area contributed by atoms with Gasteiger partial charge >= 0.3 is 5.97 Å². The minimum atomic E-state index is -1.06. The first-order chi connectivity index (χ1) is 10.9. The molecule has 0 fully saturated rings. The Balaban J connectivity index is 2.68. The molecule has 0 aliphatic carbocycles. The van der Waals surface area contributed by atoms with Crippen molar-refractivity contribution in [3.05, 3.63) is 34.3 Å². The lowest BCUT2D eigenvalue weighted by Crippen LogP contribution is -2.41. The SMILES string of the molecule is CCOCCOC(C)C(=O)N(CC(=O)O)Cc1cccc(Br)c1. The van der Waals surface area contributed by atoms with Crippen LogP contribution < -0.4 is 0 Å². The molecule has 1 aromatic rings. The number of carbonyl (C=O) groups is 2. The number of hydrogen-bond acceptors (Lipinski definition) is 4. The fourth-order valence-electron chi connectivity index (χ4n) is 1.99. The van der Waals surface area contributed by atoms with Crippen molar-refractivity contribution in [1.29, 1.82) is 0 Å². The van der Waals surface area contributed by atoms with Crippen molar-refractivity contribution in [2.24, 2.45) is 0 Å². The van der Waals surface area contributed by atoms with E-state index in [9.17, 15) is 9.59 Å². The first-order valence-corrected chi connectivity index (χ1v) is 8.17. The number of rotatable bonds is 10. The minimum Gasteiger partial charge on any atom is -0.480 e. The zero-order valence-electron chi connectivity index (χ0n) is 13.3. The number of nitrogens with zero attached hydrogens (tertiary/aromatic N) is 1. The zero-order valence-corrected chi connectivity index (χ0v) is 14.9. The highest BCUT2D eigenvalue weighted by Gasteiger charge is 2.23. The second-order valence-corrected chi connectivity index (χ2v) is 5.84. The summed E-state index contributed by atoms with van der Waals surface area (Å²) >= 11 is 3.36. The predicted molar refractivity (Wildman–Crippen MR) is 89.1 cm³/mol. The summed E-state index contributed by atoms with van der Waals surface area (Å²) in [4.78, 5) is 24.7. The van der Waals surface area contributed by atoms with Gasteiger partial charge < -0.3 is 19.5 Å². The van der Waals surface area contributed by atoms with E-state index in [1.54, 1.807) is 6.92 Å². The lowest BCUT2D eigenvalue weighted by atomic mass is 10.2. The van der Waals surface area contributed by atoms with E-state index in [1.807, 2.05) is 31.2 Å². The van der Waals surface area contributed by atoms with Gasteiger partial charge in [-0.15, -0.1) is 0 Å². The van der Waals surface area contributed by atoms with E-state index in [0.717, 1.165) is 10.0 Å². The first-order valence-electron chi connectivity index (χ1n) is 7.38. The molecular weight excluding hydrogens is 366 g/mol. The van der Waals surface area contributed by atoms with Crippen LogP contribution in [0.5, 0.6) is 0 Å². The Morgan fingerprint density at radius 1 is 1.35 bits per heavy atom. The van der Waals surface area contributed by atoms with E-state index in [4.69, 9.17) is 14.6 Å². The monoisotopic (exact) mass is 387 g/mol. The molecule has 0 aromatic heterocycles. The molecule has 23 heavy (non-hydrogen) atoms. The maximum Gasteiger partial charge on any atom is 0.323 e. The predicted octanol–water partition coefficient (Wildman–Crippen LogP) is 2.30. The molecule has 7 heteroatoms. The number of amides is 1. The van der Waals surface area contributed by atoms with Crippen LogP contribution in [0.4, 0.5) is 0 Å². The smallest absolute Gasteiger partial charge is 0.323 e. The van der Waals surface area contributed by atoms with Gasteiger partial charge in [-0.3, -0.25) is 9.59 Å². The van der Waals surface area contributed by atoms with Crippen LogP contribution in [0.2, 0.25) is 0 Å². The van der Waals surface area contributed by atoms with Crippen molar-refractivity contribution < 1.29 is 24.2 Å². The van der Waals surface area contributed by atoms with Crippen molar-refractivity contribution in [2.75, 3.05) is 26.4 Å². The fraction of sp³-hybridized carbons (Fsp3) is 0.500. The number of carbonyl (C=O) groups excluding carboxylic acids is 1. The Bertz CT molecular complexity index is 523. The van der Waals surface area contributed by atoms with Gasteiger partial charge in [0, 0.05) is 17.6 Å². The first kappa shape index (κ1) is 19.6. The summed E-state index contributed by atoms with van der Waals surface area (Å²) in [5, 5.41) is 9.03. The number of carboxylic acid groups (broad SMARTS) is 1. The molecule has 1 rings (SSSR count). The summed E-state index contributed by atoms with van der Waals surface area (Å²) in [6.07, 6.45) is -0.720. The Morgan fingerprint density at radius 3 is 2.70 bits per heavy atom. The number of hydrogen-bond donors (Lipinski definition) is 1. The summed E-state index contributed by atoms with van der Waals surface area (Å²) in [5.74, 6) is -1.42. The maximum absolute atomic E-state index is 12.4. The van der Waals surface area contributed by atoms with Crippen molar-refractivity contribution >= 4 is 27.8 Å². The second-order valence-electron chi connectivity index (χ2n) is 4.93. The summed E-state index contributed by atoms with van der Waals surface area (Å²) in [6.45, 7) is 4.61. The van der Waals surface area contributed by atoms with Gasteiger partial charge in [0.25, 0.3) is 5.91 Å². The molecule has 0 saturated heterocycles. The molecule has 1 unspecified atom stereocenters. The van der Waals surface area contributed by atoms with Crippen LogP contribution in [0.25, 0.3) is 0 Å². The third kappa shape index (κ3) is 7.58. The molecule has 0 aliphatic heterocycles. The number of benzene rings is 1. The van der Waals surface area contributed by atoms with Crippen molar-refractivity contribution in [1.82, 2.24) is 4.90 Å². The third-order valence-corrected chi connectivity index (χ3v) is 3.54. The van der Waals surface area contributed by atoms with Crippen LogP contribution in [0, 0.1) is 0 Å². The summed E-state index contributed by atoms with van der Waals surface area (Å²) in [7, 11) is 0. The lowest BCUT2D eigenvalue weighted by Gasteiger charge is -2.24. The summed E-state index contributed by atoms with van der Waals surface area (Å²) in [6, 6.07) is 7.40. The molecule has 1 atom stereocenters. The fourth-order valence-corrected chi connectivity index (χ4v) is 2.43. The maximum atomic E-state index is 12.4. The molecule has 0 bridgehead atoms. The van der Waals surface area contributed by atoms with Gasteiger partial charge in [-0.2, -0.15) is 0 Å².